The Morgan fingerprint density at radius 3 is 2.83 bits per heavy atom. The van der Waals surface area contributed by atoms with Gasteiger partial charge in [-0.25, -0.2) is 9.78 Å². The van der Waals surface area contributed by atoms with Gasteiger partial charge in [-0.1, -0.05) is 0 Å². The van der Waals surface area contributed by atoms with E-state index < -0.39 is 12.1 Å². The predicted octanol–water partition coefficient (Wildman–Crippen LogP) is 1.59. The van der Waals surface area contributed by atoms with E-state index in [0.717, 1.165) is 27.8 Å². The number of ether oxygens (including phenoxy) is 2. The van der Waals surface area contributed by atoms with Crippen LogP contribution in [0.5, 0.6) is 5.75 Å². The summed E-state index contributed by atoms with van der Waals surface area (Å²) in [4.78, 5) is 31.7. The van der Waals surface area contributed by atoms with Crippen molar-refractivity contribution in [1.82, 2.24) is 14.5 Å². The number of aromatic nitrogens is 2. The van der Waals surface area contributed by atoms with E-state index >= 15 is 0 Å². The molecule has 1 atom stereocenters. The number of rotatable bonds is 3. The van der Waals surface area contributed by atoms with E-state index in [0.29, 0.717) is 35.6 Å². The molecule has 5 rings (SSSR count). The third-order valence-electron chi connectivity index (χ3n) is 5.72. The van der Waals surface area contributed by atoms with Gasteiger partial charge in [0.05, 0.1) is 36.1 Å². The van der Waals surface area contributed by atoms with Gasteiger partial charge < -0.3 is 24.0 Å². The molecule has 8 nitrogen and oxygen atoms in total. The van der Waals surface area contributed by atoms with Gasteiger partial charge in [-0.3, -0.25) is 4.79 Å². The van der Waals surface area contributed by atoms with Crippen LogP contribution in [0, 0.1) is 0 Å². The molecule has 0 fully saturated rings. The quantitative estimate of drug-likeness (QED) is 0.516. The number of carbonyl (C=O) groups excluding carboxylic acids is 1. The van der Waals surface area contributed by atoms with E-state index in [1.165, 1.54) is 0 Å². The predicted molar refractivity (Wildman–Crippen MR) is 109 cm³/mol. The van der Waals surface area contributed by atoms with Gasteiger partial charge in [0.2, 0.25) is 0 Å². The van der Waals surface area contributed by atoms with Crippen molar-refractivity contribution in [1.29, 1.82) is 0 Å². The third kappa shape index (κ3) is 2.64. The first-order chi connectivity index (χ1) is 14.4. The number of fused-ring (bicyclic) bond motifs is 5. The Hall–Kier alpha value is -3.23. The molecule has 0 amide bonds. The zero-order chi connectivity index (χ0) is 21.2. The number of hydrogen-bond acceptors (Lipinski definition) is 7. The van der Waals surface area contributed by atoms with E-state index in [4.69, 9.17) is 14.5 Å². The number of nitrogens with zero attached hydrogens (tertiary/aromatic N) is 3. The van der Waals surface area contributed by atoms with Gasteiger partial charge in [-0.05, 0) is 38.4 Å². The molecule has 0 bridgehead atoms. The number of methoxy groups -OCH3 is 1. The molecule has 1 N–H and O–H groups in total. The van der Waals surface area contributed by atoms with Gasteiger partial charge in [0.15, 0.2) is 6.10 Å². The van der Waals surface area contributed by atoms with E-state index in [2.05, 4.69) is 11.0 Å². The topological polar surface area (TPSA) is 93.9 Å². The van der Waals surface area contributed by atoms with Crippen molar-refractivity contribution in [2.24, 2.45) is 0 Å². The van der Waals surface area contributed by atoms with Crippen LogP contribution in [0.3, 0.4) is 0 Å². The summed E-state index contributed by atoms with van der Waals surface area (Å²) in [6, 6.07) is 7.55. The second-order valence-electron chi connectivity index (χ2n) is 7.91. The minimum Gasteiger partial charge on any atom is -0.496 e. The van der Waals surface area contributed by atoms with Crippen molar-refractivity contribution in [2.45, 2.75) is 25.8 Å². The molecular weight excluding hydrogens is 386 g/mol. The highest BCUT2D eigenvalue weighted by Gasteiger charge is 2.33. The van der Waals surface area contributed by atoms with Crippen LogP contribution < -0.4 is 10.3 Å². The monoisotopic (exact) mass is 407 g/mol. The maximum atomic E-state index is 13.0. The minimum atomic E-state index is -1.45. The highest BCUT2D eigenvalue weighted by molar-refractivity contribution is 5.89. The van der Waals surface area contributed by atoms with Gasteiger partial charge >= 0.3 is 5.97 Å². The molecule has 2 aliphatic rings. The highest BCUT2D eigenvalue weighted by Crippen LogP contribution is 2.37. The Kier molecular flexibility index (Phi) is 4.16. The summed E-state index contributed by atoms with van der Waals surface area (Å²) in [5, 5.41) is 11.2. The number of cyclic esters (lactones) is 1. The van der Waals surface area contributed by atoms with Crippen LogP contribution in [0.25, 0.3) is 22.3 Å². The number of benzene rings is 1. The van der Waals surface area contributed by atoms with E-state index in [9.17, 15) is 14.7 Å². The van der Waals surface area contributed by atoms with Crippen LogP contribution in [0.2, 0.25) is 0 Å². The second-order valence-corrected chi connectivity index (χ2v) is 7.91. The molecule has 8 heteroatoms. The summed E-state index contributed by atoms with van der Waals surface area (Å²) in [5.41, 5.74) is 4.40. The summed E-state index contributed by atoms with van der Waals surface area (Å²) in [6.45, 7) is 0.941. The second kappa shape index (κ2) is 6.65. The number of carbonyl (C=O) groups is 1. The normalized spacial score (nSPS) is 17.0. The van der Waals surface area contributed by atoms with Crippen molar-refractivity contribution in [3.8, 4) is 17.1 Å². The molecule has 2 aliphatic heterocycles. The lowest BCUT2D eigenvalue weighted by Gasteiger charge is -2.21. The molecule has 0 saturated carbocycles. The van der Waals surface area contributed by atoms with Crippen LogP contribution in [0.1, 0.15) is 28.4 Å². The number of esters is 1. The lowest BCUT2D eigenvalue weighted by molar-refractivity contribution is -0.157. The third-order valence-corrected chi connectivity index (χ3v) is 5.72. The van der Waals surface area contributed by atoms with Crippen molar-refractivity contribution < 1.29 is 19.4 Å². The van der Waals surface area contributed by atoms with Crippen LogP contribution >= 0.6 is 0 Å². The average molecular weight is 407 g/mol. The van der Waals surface area contributed by atoms with Crippen LogP contribution in [0.15, 0.2) is 29.1 Å². The Bertz CT molecular complexity index is 1280. The summed E-state index contributed by atoms with van der Waals surface area (Å²) in [5.74, 6) is 0.0526. The maximum Gasteiger partial charge on any atom is 0.340 e. The van der Waals surface area contributed by atoms with Crippen molar-refractivity contribution in [3.05, 3.63) is 56.9 Å². The largest absolute Gasteiger partial charge is 0.496 e. The molecule has 154 valence electrons. The van der Waals surface area contributed by atoms with Crippen molar-refractivity contribution in [2.75, 3.05) is 21.2 Å². The molecule has 1 unspecified atom stereocenters. The fourth-order valence-electron chi connectivity index (χ4n) is 4.31. The molecule has 4 heterocycles. The lowest BCUT2D eigenvalue weighted by Crippen LogP contribution is -2.32. The number of pyridine rings is 2. The summed E-state index contributed by atoms with van der Waals surface area (Å²) >= 11 is 0. The molecular formula is C22H21N3O5. The van der Waals surface area contributed by atoms with Gasteiger partial charge in [0.1, 0.15) is 12.4 Å². The Balaban J connectivity index is 1.73. The van der Waals surface area contributed by atoms with Crippen molar-refractivity contribution >= 4 is 16.9 Å². The van der Waals surface area contributed by atoms with Gasteiger partial charge in [0, 0.05) is 28.6 Å². The summed E-state index contributed by atoms with van der Waals surface area (Å²) in [7, 11) is 5.64. The Morgan fingerprint density at radius 2 is 2.10 bits per heavy atom. The highest BCUT2D eigenvalue weighted by atomic mass is 16.5. The fourth-order valence-corrected chi connectivity index (χ4v) is 4.31. The number of hydrogen-bond donors (Lipinski definition) is 1. The van der Waals surface area contributed by atoms with Crippen LogP contribution in [-0.2, 0) is 29.2 Å². The molecule has 2 aromatic heterocycles. The van der Waals surface area contributed by atoms with Gasteiger partial charge in [0.25, 0.3) is 5.56 Å². The van der Waals surface area contributed by atoms with E-state index in [1.54, 1.807) is 17.7 Å². The molecule has 1 aromatic carbocycles. The zero-order valence-electron chi connectivity index (χ0n) is 16.9. The Labute approximate surface area is 172 Å². The zero-order valence-corrected chi connectivity index (χ0v) is 16.9. The SMILES string of the molecule is COc1ccc2nc3c(cc2c1CN(C)C)Cn1c-3cc2c(c1=O)COC(=O)C2O. The molecule has 0 radical (unpaired) electrons. The first-order valence-electron chi connectivity index (χ1n) is 9.65. The molecule has 0 saturated heterocycles. The summed E-state index contributed by atoms with van der Waals surface area (Å²) < 4.78 is 12.1. The smallest absolute Gasteiger partial charge is 0.340 e. The fraction of sp³-hybridized carbons (Fsp3) is 0.318. The molecule has 0 spiro atoms. The maximum absolute atomic E-state index is 13.0. The lowest BCUT2D eigenvalue weighted by atomic mass is 10.00. The van der Waals surface area contributed by atoms with Crippen LogP contribution in [-0.4, -0.2) is 46.7 Å². The van der Waals surface area contributed by atoms with Crippen molar-refractivity contribution in [3.63, 3.8) is 0 Å². The minimum absolute atomic E-state index is 0.125. The first kappa shape index (κ1) is 18.8. The van der Waals surface area contributed by atoms with E-state index in [1.807, 2.05) is 26.2 Å². The molecule has 0 aliphatic carbocycles. The number of aliphatic hydroxyl groups is 1. The number of aliphatic hydroxyl groups excluding tert-OH is 1. The average Bonchev–Trinajstić information content (AvgIpc) is 3.08. The van der Waals surface area contributed by atoms with E-state index in [-0.39, 0.29) is 12.2 Å². The van der Waals surface area contributed by atoms with Crippen LogP contribution in [0.4, 0.5) is 0 Å². The standard InChI is InChI=1S/C22H21N3O5/c1-24(2)9-14-12-6-11-8-25-17(19(11)23-16(12)4-5-18(14)29-3)7-13-15(21(25)27)10-30-22(28)20(13)26/h4-7,20,26H,8-10H2,1-3H3. The first-order valence-corrected chi connectivity index (χ1v) is 9.65. The summed E-state index contributed by atoms with van der Waals surface area (Å²) in [6.07, 6.45) is -1.45. The van der Waals surface area contributed by atoms with Gasteiger partial charge in [-0.2, -0.15) is 0 Å². The van der Waals surface area contributed by atoms with Gasteiger partial charge in [-0.15, -0.1) is 0 Å². The molecule has 30 heavy (non-hydrogen) atoms. The molecule has 3 aromatic rings. The Morgan fingerprint density at radius 1 is 1.30 bits per heavy atom.